The van der Waals surface area contributed by atoms with Crippen molar-refractivity contribution >= 4 is 11.6 Å². The second-order valence-electron chi connectivity index (χ2n) is 5.62. The van der Waals surface area contributed by atoms with Crippen molar-refractivity contribution in [1.29, 1.82) is 0 Å². The van der Waals surface area contributed by atoms with E-state index in [0.29, 0.717) is 34.3 Å². The topological polar surface area (TPSA) is 90.1 Å². The Bertz CT molecular complexity index is 934. The molecule has 0 aliphatic carbocycles. The Morgan fingerprint density at radius 2 is 1.96 bits per heavy atom. The van der Waals surface area contributed by atoms with Crippen LogP contribution in [0.15, 0.2) is 34.9 Å². The molecule has 0 aliphatic heterocycles. The van der Waals surface area contributed by atoms with Gasteiger partial charge in [0.25, 0.3) is 5.91 Å². The summed E-state index contributed by atoms with van der Waals surface area (Å²) in [4.78, 5) is 16.8. The zero-order valence-corrected chi connectivity index (χ0v) is 14.5. The highest BCUT2D eigenvalue weighted by Gasteiger charge is 2.14. The van der Waals surface area contributed by atoms with E-state index in [1.807, 2.05) is 13.8 Å². The van der Waals surface area contributed by atoms with Crippen LogP contribution in [0.2, 0.25) is 0 Å². The minimum absolute atomic E-state index is 0.271. The monoisotopic (exact) mass is 338 g/mol. The summed E-state index contributed by atoms with van der Waals surface area (Å²) in [5.41, 5.74) is 3.52. The van der Waals surface area contributed by atoms with Crippen LogP contribution in [0.4, 0.5) is 5.69 Å². The van der Waals surface area contributed by atoms with E-state index in [1.165, 1.54) is 0 Å². The molecule has 7 heteroatoms. The number of methoxy groups -OCH3 is 1. The molecule has 3 rings (SSSR count). The van der Waals surface area contributed by atoms with E-state index in [2.05, 4.69) is 20.5 Å². The number of anilines is 1. The minimum atomic E-state index is -0.271. The maximum Gasteiger partial charge on any atom is 0.257 e. The maximum absolute atomic E-state index is 12.5. The van der Waals surface area contributed by atoms with E-state index in [0.717, 1.165) is 11.3 Å². The lowest BCUT2D eigenvalue weighted by Crippen LogP contribution is -2.13. The molecular formula is C18H18N4O3. The van der Waals surface area contributed by atoms with Gasteiger partial charge in [0.2, 0.25) is 11.8 Å². The van der Waals surface area contributed by atoms with Crippen LogP contribution in [0.5, 0.6) is 5.75 Å². The molecule has 0 saturated heterocycles. The fourth-order valence-corrected chi connectivity index (χ4v) is 2.31. The first kappa shape index (κ1) is 16.6. The number of nitrogens with one attached hydrogen (secondary N) is 1. The quantitative estimate of drug-likeness (QED) is 0.785. The Hall–Kier alpha value is -3.22. The summed E-state index contributed by atoms with van der Waals surface area (Å²) in [7, 11) is 1.54. The fraction of sp³-hybridized carbons (Fsp3) is 0.222. The van der Waals surface area contributed by atoms with Crippen LogP contribution in [-0.2, 0) is 0 Å². The van der Waals surface area contributed by atoms with Crippen LogP contribution in [0.25, 0.3) is 11.5 Å². The third kappa shape index (κ3) is 3.50. The number of carbonyl (C=O) groups excluding carboxylic acids is 1. The summed E-state index contributed by atoms with van der Waals surface area (Å²) in [6, 6.07) is 7.07. The number of rotatable bonds is 4. The van der Waals surface area contributed by atoms with Gasteiger partial charge in [0.15, 0.2) is 0 Å². The molecule has 0 bridgehead atoms. The lowest BCUT2D eigenvalue weighted by Gasteiger charge is -2.11. The number of aryl methyl sites for hydroxylation is 3. The number of carbonyl (C=O) groups is 1. The van der Waals surface area contributed by atoms with Gasteiger partial charge < -0.3 is 14.5 Å². The lowest BCUT2D eigenvalue weighted by atomic mass is 10.1. The predicted octanol–water partition coefficient (Wildman–Crippen LogP) is 3.32. The van der Waals surface area contributed by atoms with E-state index in [1.54, 1.807) is 44.5 Å². The second kappa shape index (κ2) is 6.72. The van der Waals surface area contributed by atoms with Crippen molar-refractivity contribution in [3.63, 3.8) is 0 Å². The van der Waals surface area contributed by atoms with Gasteiger partial charge in [0.1, 0.15) is 5.75 Å². The van der Waals surface area contributed by atoms with Gasteiger partial charge in [-0.2, -0.15) is 0 Å². The van der Waals surface area contributed by atoms with E-state index in [4.69, 9.17) is 9.15 Å². The summed E-state index contributed by atoms with van der Waals surface area (Å²) in [6.07, 6.45) is 1.55. The molecule has 0 fully saturated rings. The number of benzene rings is 1. The van der Waals surface area contributed by atoms with Crippen molar-refractivity contribution in [3.05, 3.63) is 53.2 Å². The van der Waals surface area contributed by atoms with Gasteiger partial charge >= 0.3 is 0 Å². The zero-order chi connectivity index (χ0) is 18.0. The highest BCUT2D eigenvalue weighted by atomic mass is 16.5. The average Bonchev–Trinajstić information content (AvgIpc) is 3.03. The molecule has 2 aromatic heterocycles. The molecular weight excluding hydrogens is 320 g/mol. The third-order valence-corrected chi connectivity index (χ3v) is 3.82. The molecule has 0 unspecified atom stereocenters. The standard InChI is InChI=1S/C18H18N4O3/c1-10-7-14(9-19-11(10)2)17(23)20-15-8-13(5-6-16(15)24-4)18-22-21-12(3)25-18/h5-9H,1-4H3,(H,20,23). The summed E-state index contributed by atoms with van der Waals surface area (Å²) >= 11 is 0. The second-order valence-corrected chi connectivity index (χ2v) is 5.62. The number of ether oxygens (including phenoxy) is 1. The summed E-state index contributed by atoms with van der Waals surface area (Å²) < 4.78 is 10.8. The fourth-order valence-electron chi connectivity index (χ4n) is 2.31. The van der Waals surface area contributed by atoms with Gasteiger partial charge in [-0.1, -0.05) is 0 Å². The predicted molar refractivity (Wildman–Crippen MR) is 92.7 cm³/mol. The van der Waals surface area contributed by atoms with Gasteiger partial charge in [0.05, 0.1) is 18.4 Å². The molecule has 1 amide bonds. The van der Waals surface area contributed by atoms with Crippen LogP contribution >= 0.6 is 0 Å². The third-order valence-electron chi connectivity index (χ3n) is 3.82. The molecule has 0 spiro atoms. The van der Waals surface area contributed by atoms with Gasteiger partial charge in [-0.25, -0.2) is 0 Å². The van der Waals surface area contributed by atoms with Crippen molar-refractivity contribution in [2.24, 2.45) is 0 Å². The molecule has 7 nitrogen and oxygen atoms in total. The Balaban J connectivity index is 1.92. The average molecular weight is 338 g/mol. The smallest absolute Gasteiger partial charge is 0.257 e. The Kier molecular flexibility index (Phi) is 4.47. The molecule has 128 valence electrons. The van der Waals surface area contributed by atoms with Gasteiger partial charge in [-0.05, 0) is 43.7 Å². The van der Waals surface area contributed by atoms with Crippen molar-refractivity contribution in [3.8, 4) is 17.2 Å². The van der Waals surface area contributed by atoms with Crippen molar-refractivity contribution < 1.29 is 13.9 Å². The van der Waals surface area contributed by atoms with Crippen LogP contribution in [0.1, 0.15) is 27.5 Å². The van der Waals surface area contributed by atoms with E-state index in [9.17, 15) is 4.79 Å². The maximum atomic E-state index is 12.5. The molecule has 2 heterocycles. The Labute approximate surface area is 145 Å². The van der Waals surface area contributed by atoms with Crippen LogP contribution in [-0.4, -0.2) is 28.2 Å². The Morgan fingerprint density at radius 3 is 2.60 bits per heavy atom. The first-order chi connectivity index (χ1) is 12.0. The van der Waals surface area contributed by atoms with Crippen molar-refractivity contribution in [2.45, 2.75) is 20.8 Å². The molecule has 0 atom stereocenters. The normalized spacial score (nSPS) is 10.6. The first-order valence-corrected chi connectivity index (χ1v) is 7.71. The molecule has 0 aliphatic rings. The largest absolute Gasteiger partial charge is 0.495 e. The molecule has 1 N–H and O–H groups in total. The Morgan fingerprint density at radius 1 is 1.16 bits per heavy atom. The van der Waals surface area contributed by atoms with Gasteiger partial charge in [-0.15, -0.1) is 10.2 Å². The first-order valence-electron chi connectivity index (χ1n) is 7.71. The SMILES string of the molecule is COc1ccc(-c2nnc(C)o2)cc1NC(=O)c1cnc(C)c(C)c1. The summed E-state index contributed by atoms with van der Waals surface area (Å²) in [5, 5.41) is 10.7. The van der Waals surface area contributed by atoms with Crippen molar-refractivity contribution in [2.75, 3.05) is 12.4 Å². The molecule has 0 saturated carbocycles. The van der Waals surface area contributed by atoms with Gasteiger partial charge in [-0.3, -0.25) is 9.78 Å². The molecule has 0 radical (unpaired) electrons. The van der Waals surface area contributed by atoms with E-state index >= 15 is 0 Å². The number of amides is 1. The van der Waals surface area contributed by atoms with Crippen molar-refractivity contribution in [1.82, 2.24) is 15.2 Å². The van der Waals surface area contributed by atoms with Crippen LogP contribution < -0.4 is 10.1 Å². The zero-order valence-electron chi connectivity index (χ0n) is 14.5. The number of aromatic nitrogens is 3. The number of hydrogen-bond acceptors (Lipinski definition) is 6. The molecule has 25 heavy (non-hydrogen) atoms. The minimum Gasteiger partial charge on any atom is -0.495 e. The number of nitrogens with zero attached hydrogens (tertiary/aromatic N) is 3. The highest BCUT2D eigenvalue weighted by Crippen LogP contribution is 2.30. The van der Waals surface area contributed by atoms with E-state index < -0.39 is 0 Å². The van der Waals surface area contributed by atoms with E-state index in [-0.39, 0.29) is 5.91 Å². The number of pyridine rings is 1. The number of hydrogen-bond donors (Lipinski definition) is 1. The molecule has 1 aromatic carbocycles. The van der Waals surface area contributed by atoms with Crippen LogP contribution in [0.3, 0.4) is 0 Å². The van der Waals surface area contributed by atoms with Crippen LogP contribution in [0, 0.1) is 20.8 Å². The lowest BCUT2D eigenvalue weighted by molar-refractivity contribution is 0.102. The highest BCUT2D eigenvalue weighted by molar-refractivity contribution is 6.05. The summed E-state index contributed by atoms with van der Waals surface area (Å²) in [6.45, 7) is 5.53. The summed E-state index contributed by atoms with van der Waals surface area (Å²) in [5.74, 6) is 1.11. The molecule has 3 aromatic rings. The van der Waals surface area contributed by atoms with Gasteiger partial charge in [0, 0.05) is 24.4 Å².